The highest BCUT2D eigenvalue weighted by atomic mass is 28.2. The Morgan fingerprint density at radius 3 is 0.773 bits per heavy atom. The Hall–Kier alpha value is 0.114. The van der Waals surface area contributed by atoms with E-state index in [1.54, 1.807) is 0 Å². The molecule has 0 heterocycles. The number of hydrogen-bond acceptors (Lipinski definition) is 8. The highest BCUT2D eigenvalue weighted by Crippen LogP contribution is 1.97. The number of hydrogen-bond donors (Lipinski definition) is 8. The highest BCUT2D eigenvalue weighted by Gasteiger charge is 2.06. The van der Waals surface area contributed by atoms with Gasteiger partial charge in [0.25, 0.3) is 0 Å². The molecule has 0 fully saturated rings. The summed E-state index contributed by atoms with van der Waals surface area (Å²) in [4.78, 5) is 0. The molecule has 0 saturated carbocycles. The average molecular weight is 361 g/mol. The molecular weight excluding hydrogens is 328 g/mol. The second-order valence-electron chi connectivity index (χ2n) is 5.21. The van der Waals surface area contributed by atoms with Crippen molar-refractivity contribution in [3.63, 3.8) is 0 Å². The van der Waals surface area contributed by atoms with E-state index in [4.69, 9.17) is 40.9 Å². The van der Waals surface area contributed by atoms with Gasteiger partial charge in [-0.05, 0) is 24.2 Å². The van der Waals surface area contributed by atoms with Crippen LogP contribution in [0.2, 0.25) is 24.2 Å². The summed E-state index contributed by atoms with van der Waals surface area (Å²) < 4.78 is 0. The van der Waals surface area contributed by atoms with Crippen LogP contribution in [0, 0.1) is 0 Å². The Bertz CT molecular complexity index is 183. The first-order chi connectivity index (χ1) is 10.4. The molecule has 0 aromatic rings. The topological polar surface area (TPSA) is 162 Å². The smallest absolute Gasteiger partial charge is 0.0742 e. The van der Waals surface area contributed by atoms with Crippen LogP contribution >= 0.6 is 0 Å². The van der Waals surface area contributed by atoms with Gasteiger partial charge < -0.3 is 40.9 Å². The summed E-state index contributed by atoms with van der Waals surface area (Å²) in [5, 5.41) is 69.2. The summed E-state index contributed by atoms with van der Waals surface area (Å²) in [5.41, 5.74) is 0. The molecule has 10 heteroatoms. The van der Waals surface area contributed by atoms with E-state index in [0.717, 1.165) is 0 Å². The van der Waals surface area contributed by atoms with E-state index >= 15 is 0 Å². The molecule has 0 amide bonds. The SMILES string of the molecule is OCC(O)C[SiH2]CC(O)CO.OCC(O)C[SiH2]CC(O)CO. The molecule has 0 aliphatic heterocycles. The Kier molecular flexibility index (Phi) is 19.3. The molecule has 0 aliphatic carbocycles. The van der Waals surface area contributed by atoms with Crippen LogP contribution < -0.4 is 0 Å². The fraction of sp³-hybridized carbons (Fsp3) is 1.00. The predicted octanol–water partition coefficient (Wildman–Crippen LogP) is -4.60. The Morgan fingerprint density at radius 1 is 0.455 bits per heavy atom. The van der Waals surface area contributed by atoms with Crippen molar-refractivity contribution in [3.05, 3.63) is 0 Å². The van der Waals surface area contributed by atoms with E-state index in [1.165, 1.54) is 0 Å². The van der Waals surface area contributed by atoms with Gasteiger partial charge in [0.05, 0.1) is 50.8 Å². The third kappa shape index (κ3) is 18.2. The lowest BCUT2D eigenvalue weighted by atomic mass is 10.4. The van der Waals surface area contributed by atoms with E-state index in [9.17, 15) is 0 Å². The lowest BCUT2D eigenvalue weighted by Crippen LogP contribution is -2.19. The van der Waals surface area contributed by atoms with Crippen LogP contribution in [0.3, 0.4) is 0 Å². The zero-order chi connectivity index (χ0) is 17.4. The number of rotatable bonds is 12. The van der Waals surface area contributed by atoms with Crippen molar-refractivity contribution in [1.29, 1.82) is 0 Å². The third-order valence-electron chi connectivity index (χ3n) is 2.99. The Morgan fingerprint density at radius 2 is 0.636 bits per heavy atom. The molecule has 0 radical (unpaired) electrons. The highest BCUT2D eigenvalue weighted by molar-refractivity contribution is 6.36. The van der Waals surface area contributed by atoms with Crippen LogP contribution in [0.15, 0.2) is 0 Å². The monoisotopic (exact) mass is 360 g/mol. The molecule has 0 aromatic carbocycles. The molecule has 22 heavy (non-hydrogen) atoms. The molecule has 8 N–H and O–H groups in total. The van der Waals surface area contributed by atoms with Gasteiger partial charge in [0, 0.05) is 19.0 Å². The average Bonchev–Trinajstić information content (AvgIpc) is 2.54. The molecule has 0 saturated heterocycles. The van der Waals surface area contributed by atoms with Gasteiger partial charge in [0.1, 0.15) is 0 Å². The van der Waals surface area contributed by atoms with Gasteiger partial charge in [-0.1, -0.05) is 0 Å². The molecule has 136 valence electrons. The van der Waals surface area contributed by atoms with Crippen LogP contribution in [0.1, 0.15) is 0 Å². The summed E-state index contributed by atoms with van der Waals surface area (Å²) in [6.45, 7) is -0.825. The lowest BCUT2D eigenvalue weighted by Gasteiger charge is -2.08. The first kappa shape index (κ1) is 24.4. The van der Waals surface area contributed by atoms with Gasteiger partial charge in [-0.15, -0.1) is 0 Å². The first-order valence-electron chi connectivity index (χ1n) is 7.56. The summed E-state index contributed by atoms with van der Waals surface area (Å²) in [6, 6.07) is 2.42. The van der Waals surface area contributed by atoms with E-state index in [1.807, 2.05) is 0 Å². The van der Waals surface area contributed by atoms with Crippen LogP contribution in [0.25, 0.3) is 0 Å². The molecule has 0 spiro atoms. The minimum absolute atomic E-state index is 0.206. The summed E-state index contributed by atoms with van der Waals surface area (Å²) in [5.74, 6) is 0. The van der Waals surface area contributed by atoms with Crippen molar-refractivity contribution in [3.8, 4) is 0 Å². The maximum absolute atomic E-state index is 8.88. The van der Waals surface area contributed by atoms with Crippen molar-refractivity contribution in [2.24, 2.45) is 0 Å². The van der Waals surface area contributed by atoms with Crippen LogP contribution in [0.4, 0.5) is 0 Å². The molecule has 8 nitrogen and oxygen atoms in total. The Balaban J connectivity index is 0. The predicted molar refractivity (Wildman–Crippen MR) is 88.7 cm³/mol. The van der Waals surface area contributed by atoms with Crippen LogP contribution in [-0.2, 0) is 0 Å². The number of aliphatic hydroxyl groups is 8. The molecule has 0 rings (SSSR count). The fourth-order valence-electron chi connectivity index (χ4n) is 1.54. The van der Waals surface area contributed by atoms with Gasteiger partial charge in [0.2, 0.25) is 0 Å². The quantitative estimate of drug-likeness (QED) is 0.161. The van der Waals surface area contributed by atoms with Gasteiger partial charge in [-0.3, -0.25) is 0 Å². The van der Waals surface area contributed by atoms with E-state index < -0.39 is 43.5 Å². The lowest BCUT2D eigenvalue weighted by molar-refractivity contribution is 0.104. The molecule has 0 aromatic heterocycles. The maximum Gasteiger partial charge on any atom is 0.0742 e. The summed E-state index contributed by atoms with van der Waals surface area (Å²) in [6.07, 6.45) is -2.53. The fourth-order valence-corrected chi connectivity index (χ4v) is 4.63. The van der Waals surface area contributed by atoms with Crippen molar-refractivity contribution in [2.45, 2.75) is 48.6 Å². The maximum atomic E-state index is 8.88. The van der Waals surface area contributed by atoms with Gasteiger partial charge in [0.15, 0.2) is 0 Å². The largest absolute Gasteiger partial charge is 0.394 e. The summed E-state index contributed by atoms with van der Waals surface area (Å²) in [7, 11) is -1.05. The zero-order valence-electron chi connectivity index (χ0n) is 13.0. The number of aliphatic hydroxyl groups excluding tert-OH is 8. The molecule has 4 atom stereocenters. The zero-order valence-corrected chi connectivity index (χ0v) is 15.8. The Labute approximate surface area is 135 Å². The molecule has 0 bridgehead atoms. The molecular formula is C12H32O8Si2. The van der Waals surface area contributed by atoms with E-state index in [-0.39, 0.29) is 26.4 Å². The van der Waals surface area contributed by atoms with E-state index in [0.29, 0.717) is 24.2 Å². The van der Waals surface area contributed by atoms with Gasteiger partial charge in [-0.25, -0.2) is 0 Å². The summed E-state index contributed by atoms with van der Waals surface area (Å²) >= 11 is 0. The normalized spacial score (nSPS) is 17.5. The molecule has 4 unspecified atom stereocenters. The molecule has 0 aliphatic rings. The van der Waals surface area contributed by atoms with Gasteiger partial charge in [-0.2, -0.15) is 0 Å². The van der Waals surface area contributed by atoms with Gasteiger partial charge >= 0.3 is 0 Å². The minimum atomic E-state index is -0.632. The van der Waals surface area contributed by atoms with Crippen LogP contribution in [0.5, 0.6) is 0 Å². The first-order valence-corrected chi connectivity index (χ1v) is 11.6. The second-order valence-corrected chi connectivity index (χ2v) is 8.93. The minimum Gasteiger partial charge on any atom is -0.394 e. The van der Waals surface area contributed by atoms with Crippen molar-refractivity contribution in [2.75, 3.05) is 26.4 Å². The van der Waals surface area contributed by atoms with Crippen LogP contribution in [-0.4, -0.2) is 111 Å². The van der Waals surface area contributed by atoms with Crippen molar-refractivity contribution < 1.29 is 40.9 Å². The van der Waals surface area contributed by atoms with Crippen molar-refractivity contribution in [1.82, 2.24) is 0 Å². The van der Waals surface area contributed by atoms with E-state index in [2.05, 4.69) is 0 Å². The standard InChI is InChI=1S/2C6H16O4Si/c2*7-1-5(9)3-11-4-6(10)2-8/h2*5-10H,1-4,11H2. The third-order valence-corrected chi connectivity index (χ3v) is 7.29. The van der Waals surface area contributed by atoms with Crippen molar-refractivity contribution >= 4 is 19.0 Å². The second kappa shape index (κ2) is 17.5.